The minimum atomic E-state index is -0.375. The van der Waals surface area contributed by atoms with Crippen LogP contribution in [0.1, 0.15) is 13.8 Å². The number of nitrogens with zero attached hydrogens (tertiary/aromatic N) is 2. The molecule has 0 fully saturated rings. The summed E-state index contributed by atoms with van der Waals surface area (Å²) in [6.07, 6.45) is 0. The summed E-state index contributed by atoms with van der Waals surface area (Å²) in [6, 6.07) is 2.25. The molecule has 0 aliphatic carbocycles. The Labute approximate surface area is 61.2 Å². The zero-order chi connectivity index (χ0) is 7.98. The molecule has 0 aromatic carbocycles. The maximum absolute atomic E-state index is 11.8. The Morgan fingerprint density at radius 2 is 2.20 bits per heavy atom. The van der Waals surface area contributed by atoms with Crippen LogP contribution >= 0.6 is 0 Å². The lowest BCUT2D eigenvalue weighted by molar-refractivity contribution is 0.226. The van der Waals surface area contributed by atoms with Crippen LogP contribution < -0.4 is 0 Å². The van der Waals surface area contributed by atoms with E-state index in [1.807, 2.05) is 19.9 Å². The van der Waals surface area contributed by atoms with Gasteiger partial charge >= 0.3 is 0 Å². The lowest BCUT2D eigenvalue weighted by Crippen LogP contribution is -2.32. The minimum Gasteiger partial charge on any atom is -0.286 e. The van der Waals surface area contributed by atoms with Gasteiger partial charge in [-0.1, -0.05) is 0 Å². The summed E-state index contributed by atoms with van der Waals surface area (Å²) in [7, 11) is 0. The second-order valence-electron chi connectivity index (χ2n) is 2.41. The van der Waals surface area contributed by atoms with Gasteiger partial charge in [-0.15, -0.1) is 0 Å². The first-order valence-corrected chi connectivity index (χ1v) is 3.39. The van der Waals surface area contributed by atoms with Gasteiger partial charge in [0.1, 0.15) is 6.67 Å². The van der Waals surface area contributed by atoms with E-state index in [9.17, 15) is 4.39 Å². The molecule has 58 valence electrons. The minimum absolute atomic E-state index is 0.260. The van der Waals surface area contributed by atoms with E-state index in [1.54, 1.807) is 4.90 Å². The first-order valence-electron chi connectivity index (χ1n) is 3.39. The predicted molar refractivity (Wildman–Crippen MR) is 38.3 cm³/mol. The summed E-state index contributed by atoms with van der Waals surface area (Å²) in [6.45, 7) is 4.21. The fourth-order valence-corrected chi connectivity index (χ4v) is 0.719. The highest BCUT2D eigenvalue weighted by atomic mass is 19.1. The summed E-state index contributed by atoms with van der Waals surface area (Å²) in [5.74, 6) is 0. The summed E-state index contributed by atoms with van der Waals surface area (Å²) in [5, 5.41) is 8.30. The summed E-state index contributed by atoms with van der Waals surface area (Å²) in [5.41, 5.74) is 0. The largest absolute Gasteiger partial charge is 0.286 e. The molecule has 0 rings (SSSR count). The summed E-state index contributed by atoms with van der Waals surface area (Å²) >= 11 is 0. The van der Waals surface area contributed by atoms with Crippen LogP contribution in [0.25, 0.3) is 0 Å². The van der Waals surface area contributed by atoms with Gasteiger partial charge in [0.2, 0.25) is 0 Å². The quantitative estimate of drug-likeness (QED) is 0.554. The molecule has 0 amide bonds. The number of hydrogen-bond donors (Lipinski definition) is 0. The topological polar surface area (TPSA) is 27.0 Å². The SMILES string of the molecule is CC(C)N(CC#N)CCF. The Morgan fingerprint density at radius 3 is 2.50 bits per heavy atom. The predicted octanol–water partition coefficient (Wildman–Crippen LogP) is 1.19. The third-order valence-electron chi connectivity index (χ3n) is 1.38. The molecule has 0 unspecified atom stereocenters. The maximum Gasteiger partial charge on any atom is 0.102 e. The monoisotopic (exact) mass is 144 g/mol. The van der Waals surface area contributed by atoms with Gasteiger partial charge in [0.15, 0.2) is 0 Å². The van der Waals surface area contributed by atoms with Crippen molar-refractivity contribution in [3.63, 3.8) is 0 Å². The highest BCUT2D eigenvalue weighted by molar-refractivity contribution is 4.78. The molecule has 0 saturated heterocycles. The number of nitriles is 1. The van der Waals surface area contributed by atoms with E-state index in [0.29, 0.717) is 13.1 Å². The van der Waals surface area contributed by atoms with Crippen LogP contribution in [0.15, 0.2) is 0 Å². The van der Waals surface area contributed by atoms with Crippen molar-refractivity contribution in [1.82, 2.24) is 4.90 Å². The molecule has 0 saturated carbocycles. The van der Waals surface area contributed by atoms with Crippen molar-refractivity contribution in [3.8, 4) is 6.07 Å². The molecular formula is C7H13FN2. The Bertz CT molecular complexity index is 117. The van der Waals surface area contributed by atoms with Crippen LogP contribution in [0.3, 0.4) is 0 Å². The van der Waals surface area contributed by atoms with E-state index >= 15 is 0 Å². The molecule has 0 aromatic rings. The van der Waals surface area contributed by atoms with Gasteiger partial charge in [-0.05, 0) is 13.8 Å². The highest BCUT2D eigenvalue weighted by Gasteiger charge is 2.06. The van der Waals surface area contributed by atoms with Crippen molar-refractivity contribution < 1.29 is 4.39 Å². The molecule has 0 aliphatic rings. The van der Waals surface area contributed by atoms with E-state index in [1.165, 1.54) is 0 Å². The van der Waals surface area contributed by atoms with Crippen LogP contribution in [0.5, 0.6) is 0 Å². The summed E-state index contributed by atoms with van der Waals surface area (Å²) in [4.78, 5) is 1.79. The van der Waals surface area contributed by atoms with Crippen LogP contribution in [-0.2, 0) is 0 Å². The average Bonchev–Trinajstić information content (AvgIpc) is 1.87. The summed E-state index contributed by atoms with van der Waals surface area (Å²) < 4.78 is 11.8. The number of rotatable bonds is 4. The molecule has 0 radical (unpaired) electrons. The van der Waals surface area contributed by atoms with E-state index in [2.05, 4.69) is 0 Å². The molecule has 0 aromatic heterocycles. The van der Waals surface area contributed by atoms with Crippen molar-refractivity contribution in [2.45, 2.75) is 19.9 Å². The normalized spacial score (nSPS) is 10.4. The average molecular weight is 144 g/mol. The zero-order valence-electron chi connectivity index (χ0n) is 6.47. The van der Waals surface area contributed by atoms with Crippen LogP contribution in [0.2, 0.25) is 0 Å². The van der Waals surface area contributed by atoms with Crippen molar-refractivity contribution >= 4 is 0 Å². The molecular weight excluding hydrogens is 131 g/mol. The van der Waals surface area contributed by atoms with Crippen LogP contribution in [0, 0.1) is 11.3 Å². The zero-order valence-corrected chi connectivity index (χ0v) is 6.47. The molecule has 0 atom stereocenters. The lowest BCUT2D eigenvalue weighted by Gasteiger charge is -2.21. The number of hydrogen-bond acceptors (Lipinski definition) is 2. The Morgan fingerprint density at radius 1 is 1.60 bits per heavy atom. The number of halogens is 1. The molecule has 0 heterocycles. The van der Waals surface area contributed by atoms with E-state index < -0.39 is 0 Å². The standard InChI is InChI=1S/C7H13FN2/c1-7(2)10(5-3-8)6-4-9/h7H,3,5-6H2,1-2H3. The lowest BCUT2D eigenvalue weighted by atomic mass is 10.3. The van der Waals surface area contributed by atoms with E-state index in [-0.39, 0.29) is 12.7 Å². The van der Waals surface area contributed by atoms with E-state index in [0.717, 1.165) is 0 Å². The molecule has 0 aliphatic heterocycles. The Hall–Kier alpha value is -0.620. The van der Waals surface area contributed by atoms with Crippen molar-refractivity contribution in [1.29, 1.82) is 5.26 Å². The fraction of sp³-hybridized carbons (Fsp3) is 0.857. The molecule has 0 spiro atoms. The third kappa shape index (κ3) is 3.41. The van der Waals surface area contributed by atoms with Gasteiger partial charge in [0, 0.05) is 12.6 Å². The second-order valence-corrected chi connectivity index (χ2v) is 2.41. The van der Waals surface area contributed by atoms with Gasteiger partial charge in [0.25, 0.3) is 0 Å². The van der Waals surface area contributed by atoms with Crippen molar-refractivity contribution in [3.05, 3.63) is 0 Å². The smallest absolute Gasteiger partial charge is 0.102 e. The molecule has 2 nitrogen and oxygen atoms in total. The van der Waals surface area contributed by atoms with Gasteiger partial charge in [-0.25, -0.2) is 4.39 Å². The first-order chi connectivity index (χ1) is 4.72. The van der Waals surface area contributed by atoms with Crippen LogP contribution in [0.4, 0.5) is 4.39 Å². The van der Waals surface area contributed by atoms with Crippen LogP contribution in [-0.4, -0.2) is 30.7 Å². The van der Waals surface area contributed by atoms with Crippen molar-refractivity contribution in [2.75, 3.05) is 19.8 Å². The third-order valence-corrected chi connectivity index (χ3v) is 1.38. The maximum atomic E-state index is 11.8. The molecule has 0 bridgehead atoms. The van der Waals surface area contributed by atoms with Gasteiger partial charge in [-0.2, -0.15) is 5.26 Å². The molecule has 0 N–H and O–H groups in total. The Kier molecular flexibility index (Phi) is 4.87. The second kappa shape index (κ2) is 5.19. The highest BCUT2D eigenvalue weighted by Crippen LogP contribution is 1.95. The first kappa shape index (κ1) is 9.38. The number of alkyl halides is 1. The van der Waals surface area contributed by atoms with E-state index in [4.69, 9.17) is 5.26 Å². The van der Waals surface area contributed by atoms with Crippen molar-refractivity contribution in [2.24, 2.45) is 0 Å². The van der Waals surface area contributed by atoms with Gasteiger partial charge in [-0.3, -0.25) is 4.90 Å². The molecule has 3 heteroatoms. The fourth-order valence-electron chi connectivity index (χ4n) is 0.719. The van der Waals surface area contributed by atoms with Gasteiger partial charge < -0.3 is 0 Å². The van der Waals surface area contributed by atoms with Gasteiger partial charge in [0.05, 0.1) is 12.6 Å². The molecule has 10 heavy (non-hydrogen) atoms. The Balaban J connectivity index is 3.63.